The molecule has 0 radical (unpaired) electrons. The van der Waals surface area contributed by atoms with Gasteiger partial charge in [-0.1, -0.05) is 36.4 Å². The predicted octanol–water partition coefficient (Wildman–Crippen LogP) is 3.76. The Kier molecular flexibility index (Phi) is 2.71. The highest BCUT2D eigenvalue weighted by molar-refractivity contribution is 5.82. The van der Waals surface area contributed by atoms with Crippen molar-refractivity contribution >= 4 is 0 Å². The van der Waals surface area contributed by atoms with E-state index in [1.54, 1.807) is 0 Å². The average Bonchev–Trinajstić information content (AvgIpc) is 2.70. The topological polar surface area (TPSA) is 26.0 Å². The fourth-order valence-electron chi connectivity index (χ4n) is 3.16. The number of hydrogen-bond acceptors (Lipinski definition) is 1. The first-order valence-corrected chi connectivity index (χ1v) is 6.63. The van der Waals surface area contributed by atoms with Crippen molar-refractivity contribution in [3.05, 3.63) is 58.7 Å². The molecule has 2 aromatic rings. The van der Waals surface area contributed by atoms with Crippen LogP contribution in [0.2, 0.25) is 0 Å². The molecule has 0 bridgehead atoms. The summed E-state index contributed by atoms with van der Waals surface area (Å²) in [5.74, 6) is 0.487. The zero-order valence-electron chi connectivity index (χ0n) is 11.0. The zero-order chi connectivity index (χ0) is 12.7. The molecule has 0 spiro atoms. The lowest BCUT2D eigenvalue weighted by Gasteiger charge is -2.13. The van der Waals surface area contributed by atoms with Crippen LogP contribution in [0.3, 0.4) is 0 Å². The molecular weight excluding hydrogens is 218 g/mol. The van der Waals surface area contributed by atoms with Gasteiger partial charge in [-0.05, 0) is 60.2 Å². The molecule has 0 amide bonds. The summed E-state index contributed by atoms with van der Waals surface area (Å²) < 4.78 is 0. The minimum atomic E-state index is 0.487. The van der Waals surface area contributed by atoms with Gasteiger partial charge in [-0.15, -0.1) is 0 Å². The third-order valence-corrected chi connectivity index (χ3v) is 4.20. The van der Waals surface area contributed by atoms with Crippen molar-refractivity contribution in [3.8, 4) is 11.1 Å². The maximum absolute atomic E-state index is 5.79. The number of fused-ring (bicyclic) bond motifs is 3. The van der Waals surface area contributed by atoms with Gasteiger partial charge in [0.2, 0.25) is 0 Å². The quantitative estimate of drug-likeness (QED) is 0.845. The molecule has 2 N–H and O–H groups in total. The van der Waals surface area contributed by atoms with Gasteiger partial charge >= 0.3 is 0 Å². The van der Waals surface area contributed by atoms with E-state index < -0.39 is 0 Å². The molecule has 1 atom stereocenters. The first kappa shape index (κ1) is 11.5. The van der Waals surface area contributed by atoms with E-state index >= 15 is 0 Å². The summed E-state index contributed by atoms with van der Waals surface area (Å²) in [5, 5.41) is 0. The van der Waals surface area contributed by atoms with Crippen LogP contribution in [0, 0.1) is 13.8 Å². The largest absolute Gasteiger partial charge is 0.330 e. The molecule has 3 rings (SSSR count). The van der Waals surface area contributed by atoms with Crippen molar-refractivity contribution in [3.63, 3.8) is 0 Å². The van der Waals surface area contributed by atoms with Crippen molar-refractivity contribution in [1.29, 1.82) is 0 Å². The summed E-state index contributed by atoms with van der Waals surface area (Å²) in [4.78, 5) is 0. The molecule has 0 heterocycles. The normalized spacial score (nSPS) is 16.5. The Labute approximate surface area is 109 Å². The van der Waals surface area contributed by atoms with Crippen molar-refractivity contribution in [2.45, 2.75) is 26.2 Å². The van der Waals surface area contributed by atoms with E-state index in [0.717, 1.165) is 13.0 Å². The summed E-state index contributed by atoms with van der Waals surface area (Å²) >= 11 is 0. The molecule has 0 saturated carbocycles. The monoisotopic (exact) mass is 237 g/mol. The Bertz CT molecular complexity index is 599. The van der Waals surface area contributed by atoms with Crippen molar-refractivity contribution < 1.29 is 0 Å². The van der Waals surface area contributed by atoms with E-state index in [1.165, 1.54) is 33.4 Å². The van der Waals surface area contributed by atoms with Crippen LogP contribution in [-0.2, 0) is 0 Å². The van der Waals surface area contributed by atoms with Gasteiger partial charge in [0.1, 0.15) is 0 Å². The number of hydrogen-bond donors (Lipinski definition) is 1. The Morgan fingerprint density at radius 2 is 1.78 bits per heavy atom. The van der Waals surface area contributed by atoms with Crippen LogP contribution >= 0.6 is 0 Å². The first-order valence-electron chi connectivity index (χ1n) is 6.63. The van der Waals surface area contributed by atoms with Gasteiger partial charge < -0.3 is 5.73 Å². The van der Waals surface area contributed by atoms with Gasteiger partial charge in [-0.2, -0.15) is 0 Å². The van der Waals surface area contributed by atoms with Crippen LogP contribution in [0.5, 0.6) is 0 Å². The standard InChI is InChI=1S/C17H19N/c1-11-7-8-16-14(9-10-18)13-5-3-4-6-15(13)17(16)12(11)2/h3-8,14H,9-10,18H2,1-2H3. The van der Waals surface area contributed by atoms with Gasteiger partial charge in [-0.25, -0.2) is 0 Å². The second-order valence-corrected chi connectivity index (χ2v) is 5.19. The van der Waals surface area contributed by atoms with Gasteiger partial charge in [0.15, 0.2) is 0 Å². The summed E-state index contributed by atoms with van der Waals surface area (Å²) in [5.41, 5.74) is 14.3. The summed E-state index contributed by atoms with van der Waals surface area (Å²) in [6.07, 6.45) is 1.03. The smallest absolute Gasteiger partial charge is 0.0114 e. The van der Waals surface area contributed by atoms with Gasteiger partial charge in [0, 0.05) is 5.92 Å². The lowest BCUT2D eigenvalue weighted by molar-refractivity contribution is 0.740. The molecule has 2 aromatic carbocycles. The Morgan fingerprint density at radius 1 is 1.00 bits per heavy atom. The maximum Gasteiger partial charge on any atom is 0.0114 e. The molecule has 1 aliphatic rings. The van der Waals surface area contributed by atoms with Crippen LogP contribution in [0.1, 0.15) is 34.6 Å². The molecule has 0 saturated heterocycles. The molecule has 1 aliphatic carbocycles. The van der Waals surface area contributed by atoms with Crippen molar-refractivity contribution in [2.75, 3.05) is 6.54 Å². The molecule has 0 fully saturated rings. The number of nitrogens with two attached hydrogens (primary N) is 1. The summed E-state index contributed by atoms with van der Waals surface area (Å²) in [7, 11) is 0. The van der Waals surface area contributed by atoms with Gasteiger partial charge in [-0.3, -0.25) is 0 Å². The second kappa shape index (κ2) is 4.25. The SMILES string of the molecule is Cc1ccc2c(c1C)-c1ccccc1C2CCN. The van der Waals surface area contributed by atoms with Crippen molar-refractivity contribution in [2.24, 2.45) is 5.73 Å². The van der Waals surface area contributed by atoms with E-state index in [4.69, 9.17) is 5.73 Å². The fraction of sp³-hybridized carbons (Fsp3) is 0.294. The van der Waals surface area contributed by atoms with Crippen LogP contribution in [0.4, 0.5) is 0 Å². The summed E-state index contributed by atoms with van der Waals surface area (Å²) in [6.45, 7) is 5.16. The Balaban J connectivity index is 2.29. The molecule has 1 nitrogen and oxygen atoms in total. The van der Waals surface area contributed by atoms with Crippen LogP contribution < -0.4 is 5.73 Å². The molecule has 0 aliphatic heterocycles. The minimum Gasteiger partial charge on any atom is -0.330 e. The van der Waals surface area contributed by atoms with Crippen LogP contribution in [-0.4, -0.2) is 6.54 Å². The van der Waals surface area contributed by atoms with E-state index in [1.807, 2.05) is 0 Å². The summed E-state index contributed by atoms with van der Waals surface area (Å²) in [6, 6.07) is 13.3. The lowest BCUT2D eigenvalue weighted by atomic mass is 9.92. The van der Waals surface area contributed by atoms with E-state index in [0.29, 0.717) is 5.92 Å². The fourth-order valence-corrected chi connectivity index (χ4v) is 3.16. The highest BCUT2D eigenvalue weighted by Gasteiger charge is 2.28. The van der Waals surface area contributed by atoms with E-state index in [9.17, 15) is 0 Å². The van der Waals surface area contributed by atoms with Gasteiger partial charge in [0.05, 0.1) is 0 Å². The minimum absolute atomic E-state index is 0.487. The third kappa shape index (κ3) is 1.51. The Morgan fingerprint density at radius 3 is 2.56 bits per heavy atom. The lowest BCUT2D eigenvalue weighted by Crippen LogP contribution is -2.06. The molecule has 18 heavy (non-hydrogen) atoms. The number of rotatable bonds is 2. The predicted molar refractivity (Wildman–Crippen MR) is 76.9 cm³/mol. The van der Waals surface area contributed by atoms with Crippen LogP contribution in [0.25, 0.3) is 11.1 Å². The number of aryl methyl sites for hydroxylation is 1. The zero-order valence-corrected chi connectivity index (χ0v) is 11.0. The molecular formula is C17H19N. The van der Waals surface area contributed by atoms with Crippen LogP contribution in [0.15, 0.2) is 36.4 Å². The Hall–Kier alpha value is -1.60. The van der Waals surface area contributed by atoms with Crippen molar-refractivity contribution in [1.82, 2.24) is 0 Å². The second-order valence-electron chi connectivity index (χ2n) is 5.19. The highest BCUT2D eigenvalue weighted by atomic mass is 14.5. The number of benzene rings is 2. The van der Waals surface area contributed by atoms with Gasteiger partial charge in [0.25, 0.3) is 0 Å². The maximum atomic E-state index is 5.79. The molecule has 92 valence electrons. The van der Waals surface area contributed by atoms with E-state index in [2.05, 4.69) is 50.2 Å². The third-order valence-electron chi connectivity index (χ3n) is 4.20. The molecule has 1 heteroatoms. The first-order chi connectivity index (χ1) is 8.74. The molecule has 0 aromatic heterocycles. The highest BCUT2D eigenvalue weighted by Crippen LogP contribution is 2.47. The average molecular weight is 237 g/mol. The molecule has 1 unspecified atom stereocenters. The van der Waals surface area contributed by atoms with E-state index in [-0.39, 0.29) is 0 Å².